The summed E-state index contributed by atoms with van der Waals surface area (Å²) in [4.78, 5) is 23.8. The van der Waals surface area contributed by atoms with Crippen molar-refractivity contribution in [3.63, 3.8) is 0 Å². The van der Waals surface area contributed by atoms with Crippen LogP contribution < -0.4 is 11.1 Å². The average Bonchev–Trinajstić information content (AvgIpc) is 2.13. The number of piperazine rings is 1. The highest BCUT2D eigenvalue weighted by molar-refractivity contribution is 6.00. The van der Waals surface area contributed by atoms with Crippen LogP contribution in [0.1, 0.15) is 6.92 Å². The van der Waals surface area contributed by atoms with E-state index >= 15 is 0 Å². The van der Waals surface area contributed by atoms with Gasteiger partial charge in [-0.25, -0.2) is 0 Å². The van der Waals surface area contributed by atoms with E-state index in [1.165, 1.54) is 0 Å². The molecular formula is C8H15N3O3. The van der Waals surface area contributed by atoms with Crippen LogP contribution in [0.25, 0.3) is 0 Å². The molecule has 2 amide bonds. The third kappa shape index (κ3) is 2.50. The zero-order valence-electron chi connectivity index (χ0n) is 8.06. The van der Waals surface area contributed by atoms with Crippen molar-refractivity contribution in [2.24, 2.45) is 5.73 Å². The third-order valence-electron chi connectivity index (χ3n) is 2.25. The second-order valence-electron chi connectivity index (χ2n) is 3.41. The van der Waals surface area contributed by atoms with Gasteiger partial charge in [-0.1, -0.05) is 0 Å². The molecule has 0 aliphatic carbocycles. The second kappa shape index (κ2) is 4.50. The van der Waals surface area contributed by atoms with Crippen LogP contribution in [0.3, 0.4) is 0 Å². The van der Waals surface area contributed by atoms with E-state index in [9.17, 15) is 14.7 Å². The normalized spacial score (nSPS) is 26.1. The van der Waals surface area contributed by atoms with Crippen molar-refractivity contribution in [2.75, 3.05) is 19.6 Å². The van der Waals surface area contributed by atoms with Crippen LogP contribution in [0.5, 0.6) is 0 Å². The van der Waals surface area contributed by atoms with Gasteiger partial charge in [0.25, 0.3) is 0 Å². The van der Waals surface area contributed by atoms with Crippen LogP contribution >= 0.6 is 0 Å². The van der Waals surface area contributed by atoms with Gasteiger partial charge in [0, 0.05) is 13.1 Å². The molecule has 0 aromatic rings. The number of carbonyl (C=O) groups is 2. The highest BCUT2D eigenvalue weighted by Gasteiger charge is 2.30. The fraction of sp³-hybridized carbons (Fsp3) is 0.750. The Balaban J connectivity index is 2.57. The number of carbonyl (C=O) groups excluding carboxylic acids is 2. The molecule has 1 aliphatic heterocycles. The molecule has 1 saturated heterocycles. The summed E-state index contributed by atoms with van der Waals surface area (Å²) >= 11 is 0. The first kappa shape index (κ1) is 11.1. The lowest BCUT2D eigenvalue weighted by Crippen LogP contribution is -2.58. The third-order valence-corrected chi connectivity index (χ3v) is 2.25. The Morgan fingerprint density at radius 1 is 1.71 bits per heavy atom. The molecule has 1 heterocycles. The Kier molecular flexibility index (Phi) is 3.56. The van der Waals surface area contributed by atoms with E-state index in [0.717, 1.165) is 0 Å². The SMILES string of the molecule is CC1C(=O)NC(=O)CN1CC(O)CN. The minimum absolute atomic E-state index is 0.124. The molecule has 2 atom stereocenters. The summed E-state index contributed by atoms with van der Waals surface area (Å²) in [6.45, 7) is 2.19. The summed E-state index contributed by atoms with van der Waals surface area (Å²) in [7, 11) is 0. The molecule has 14 heavy (non-hydrogen) atoms. The molecule has 80 valence electrons. The average molecular weight is 201 g/mol. The highest BCUT2D eigenvalue weighted by Crippen LogP contribution is 2.04. The number of nitrogens with one attached hydrogen (secondary N) is 1. The zero-order valence-corrected chi connectivity index (χ0v) is 8.06. The lowest BCUT2D eigenvalue weighted by molar-refractivity contribution is -0.140. The summed E-state index contributed by atoms with van der Waals surface area (Å²) in [5, 5.41) is 11.5. The number of β-amino-alcohol motifs (C(OH)–C–C–N with tert-alkyl or cyclic N) is 1. The molecule has 6 nitrogen and oxygen atoms in total. The van der Waals surface area contributed by atoms with Gasteiger partial charge in [0.2, 0.25) is 11.8 Å². The van der Waals surface area contributed by atoms with Gasteiger partial charge >= 0.3 is 0 Å². The van der Waals surface area contributed by atoms with E-state index in [1.54, 1.807) is 11.8 Å². The van der Waals surface area contributed by atoms with Crippen LogP contribution in [-0.4, -0.2) is 53.6 Å². The Bertz CT molecular complexity index is 244. The van der Waals surface area contributed by atoms with Crippen molar-refractivity contribution in [3.8, 4) is 0 Å². The molecule has 1 rings (SSSR count). The number of aliphatic hydroxyl groups excluding tert-OH is 1. The molecule has 0 aromatic heterocycles. The molecule has 6 heteroatoms. The number of hydrogen-bond acceptors (Lipinski definition) is 5. The standard InChI is InChI=1S/C8H15N3O3/c1-5-8(14)10-7(13)4-11(5)3-6(12)2-9/h5-6,12H,2-4,9H2,1H3,(H,10,13,14). The number of hydrogen-bond donors (Lipinski definition) is 3. The first-order chi connectivity index (χ1) is 6.54. The zero-order chi connectivity index (χ0) is 10.7. The monoisotopic (exact) mass is 201 g/mol. The second-order valence-corrected chi connectivity index (χ2v) is 3.41. The lowest BCUT2D eigenvalue weighted by Gasteiger charge is -2.32. The van der Waals surface area contributed by atoms with Gasteiger partial charge in [-0.2, -0.15) is 0 Å². The molecular weight excluding hydrogens is 186 g/mol. The minimum atomic E-state index is -0.698. The van der Waals surface area contributed by atoms with Crippen molar-refractivity contribution in [3.05, 3.63) is 0 Å². The smallest absolute Gasteiger partial charge is 0.243 e. The Hall–Kier alpha value is -0.980. The molecule has 0 bridgehead atoms. The number of imide groups is 1. The van der Waals surface area contributed by atoms with E-state index in [1.807, 2.05) is 0 Å². The topological polar surface area (TPSA) is 95.7 Å². The predicted molar refractivity (Wildman–Crippen MR) is 49.2 cm³/mol. The maximum absolute atomic E-state index is 11.2. The van der Waals surface area contributed by atoms with Gasteiger partial charge in [0.05, 0.1) is 18.7 Å². The van der Waals surface area contributed by atoms with Gasteiger partial charge < -0.3 is 10.8 Å². The van der Waals surface area contributed by atoms with Crippen LogP contribution in [-0.2, 0) is 9.59 Å². The minimum Gasteiger partial charge on any atom is -0.390 e. The van der Waals surface area contributed by atoms with Gasteiger partial charge in [0.15, 0.2) is 0 Å². The molecule has 4 N–H and O–H groups in total. The Morgan fingerprint density at radius 2 is 2.36 bits per heavy atom. The highest BCUT2D eigenvalue weighted by atomic mass is 16.3. The molecule has 0 saturated carbocycles. The number of amides is 2. The largest absolute Gasteiger partial charge is 0.390 e. The van der Waals surface area contributed by atoms with E-state index in [0.29, 0.717) is 0 Å². The van der Waals surface area contributed by atoms with E-state index in [2.05, 4.69) is 5.32 Å². The fourth-order valence-corrected chi connectivity index (χ4v) is 1.34. The Morgan fingerprint density at radius 3 is 2.93 bits per heavy atom. The Labute approximate surface area is 82.1 Å². The molecule has 2 unspecified atom stereocenters. The van der Waals surface area contributed by atoms with Crippen LogP contribution in [0.15, 0.2) is 0 Å². The van der Waals surface area contributed by atoms with Crippen molar-refractivity contribution in [1.29, 1.82) is 0 Å². The van der Waals surface area contributed by atoms with Crippen LogP contribution in [0.2, 0.25) is 0 Å². The van der Waals surface area contributed by atoms with Crippen molar-refractivity contribution in [1.82, 2.24) is 10.2 Å². The quantitative estimate of drug-likeness (QED) is 0.444. The van der Waals surface area contributed by atoms with E-state index < -0.39 is 12.1 Å². The first-order valence-corrected chi connectivity index (χ1v) is 4.50. The number of aliphatic hydroxyl groups is 1. The number of rotatable bonds is 3. The summed E-state index contributed by atoms with van der Waals surface area (Å²) in [5.74, 6) is -0.664. The lowest BCUT2D eigenvalue weighted by atomic mass is 10.2. The van der Waals surface area contributed by atoms with Gasteiger partial charge in [0.1, 0.15) is 0 Å². The predicted octanol–water partition coefficient (Wildman–Crippen LogP) is -2.35. The summed E-state index contributed by atoms with van der Waals surface area (Å²) < 4.78 is 0. The van der Waals surface area contributed by atoms with E-state index in [4.69, 9.17) is 5.73 Å². The molecule has 1 fully saturated rings. The van der Waals surface area contributed by atoms with Gasteiger partial charge in [-0.05, 0) is 6.92 Å². The van der Waals surface area contributed by atoms with E-state index in [-0.39, 0.29) is 31.4 Å². The number of nitrogens with two attached hydrogens (primary N) is 1. The van der Waals surface area contributed by atoms with Crippen LogP contribution in [0.4, 0.5) is 0 Å². The fourth-order valence-electron chi connectivity index (χ4n) is 1.34. The molecule has 0 aromatic carbocycles. The van der Waals surface area contributed by atoms with Gasteiger partial charge in [-0.3, -0.25) is 19.8 Å². The maximum atomic E-state index is 11.2. The molecule has 1 aliphatic rings. The number of nitrogens with zero attached hydrogens (tertiary/aromatic N) is 1. The van der Waals surface area contributed by atoms with Crippen molar-refractivity contribution in [2.45, 2.75) is 19.1 Å². The van der Waals surface area contributed by atoms with Crippen molar-refractivity contribution < 1.29 is 14.7 Å². The van der Waals surface area contributed by atoms with Crippen LogP contribution in [0, 0.1) is 0 Å². The van der Waals surface area contributed by atoms with Crippen molar-refractivity contribution >= 4 is 11.8 Å². The molecule has 0 radical (unpaired) electrons. The van der Waals surface area contributed by atoms with Gasteiger partial charge in [-0.15, -0.1) is 0 Å². The first-order valence-electron chi connectivity index (χ1n) is 4.50. The molecule has 0 spiro atoms. The summed E-state index contributed by atoms with van der Waals surface area (Å²) in [6.07, 6.45) is -0.698. The summed E-state index contributed by atoms with van der Waals surface area (Å²) in [6, 6.07) is -0.395. The maximum Gasteiger partial charge on any atom is 0.243 e. The summed E-state index contributed by atoms with van der Waals surface area (Å²) in [5.41, 5.74) is 5.24.